The summed E-state index contributed by atoms with van der Waals surface area (Å²) in [5.74, 6) is -0.621. The van der Waals surface area contributed by atoms with E-state index in [-0.39, 0.29) is 11.5 Å². The molecule has 2 rings (SSSR count). The van der Waals surface area contributed by atoms with Crippen LogP contribution < -0.4 is 4.74 Å². The average molecular weight is 261 g/mol. The lowest BCUT2D eigenvalue weighted by Gasteiger charge is -2.02. The van der Waals surface area contributed by atoms with Gasteiger partial charge >= 0.3 is 0 Å². The zero-order chi connectivity index (χ0) is 13.1. The van der Waals surface area contributed by atoms with E-state index in [1.165, 1.54) is 23.1 Å². The first kappa shape index (κ1) is 12.3. The van der Waals surface area contributed by atoms with Gasteiger partial charge in [0.1, 0.15) is 11.6 Å². The summed E-state index contributed by atoms with van der Waals surface area (Å²) in [6.07, 6.45) is 0. The number of aryl methyl sites for hydroxylation is 1. The van der Waals surface area contributed by atoms with Gasteiger partial charge in [-0.15, -0.1) is 11.3 Å². The van der Waals surface area contributed by atoms with Crippen LogP contribution in [0.1, 0.15) is 21.3 Å². The van der Waals surface area contributed by atoms with Crippen molar-refractivity contribution in [1.29, 1.82) is 5.26 Å². The summed E-state index contributed by atoms with van der Waals surface area (Å²) in [5.41, 5.74) is 0.245. The molecule has 0 spiro atoms. The number of rotatable bonds is 4. The van der Waals surface area contributed by atoms with E-state index in [0.29, 0.717) is 5.88 Å². The molecule has 2 aromatic heterocycles. The number of carbonyl (C=O) groups excluding carboxylic acids is 1. The number of carbonyl (C=O) groups is 1. The van der Waals surface area contributed by atoms with Crippen LogP contribution in [-0.4, -0.2) is 22.7 Å². The second-order valence-corrected chi connectivity index (χ2v) is 4.62. The van der Waals surface area contributed by atoms with Crippen LogP contribution >= 0.6 is 11.3 Å². The van der Waals surface area contributed by atoms with E-state index in [4.69, 9.17) is 10.00 Å². The van der Waals surface area contributed by atoms with Crippen molar-refractivity contribution in [3.8, 4) is 11.9 Å². The highest BCUT2D eigenvalue weighted by Gasteiger charge is 2.25. The molecule has 0 N–H and O–H groups in total. The van der Waals surface area contributed by atoms with Crippen molar-refractivity contribution >= 4 is 17.1 Å². The van der Waals surface area contributed by atoms with Crippen molar-refractivity contribution < 1.29 is 9.53 Å². The van der Waals surface area contributed by atoms with E-state index in [2.05, 4.69) is 5.10 Å². The number of nitrogens with zero attached hydrogens (tertiary/aromatic N) is 3. The number of hydrogen-bond donors (Lipinski definition) is 0. The molecular weight excluding hydrogens is 250 g/mol. The molecule has 2 aromatic rings. The van der Waals surface area contributed by atoms with Gasteiger partial charge in [-0.1, -0.05) is 6.07 Å². The minimum Gasteiger partial charge on any atom is -0.481 e. The van der Waals surface area contributed by atoms with E-state index >= 15 is 0 Å². The first-order valence-electron chi connectivity index (χ1n) is 5.22. The predicted molar refractivity (Wildman–Crippen MR) is 66.8 cm³/mol. The van der Waals surface area contributed by atoms with Crippen molar-refractivity contribution in [3.63, 3.8) is 0 Å². The zero-order valence-corrected chi connectivity index (χ0v) is 10.8. The second-order valence-electron chi connectivity index (χ2n) is 3.64. The SMILES string of the molecule is COc1cc(C(=O)C(C#N)c2cccs2)nn1C. The van der Waals surface area contributed by atoms with Gasteiger partial charge < -0.3 is 4.74 Å². The van der Waals surface area contributed by atoms with Crippen molar-refractivity contribution in [1.82, 2.24) is 9.78 Å². The summed E-state index contributed by atoms with van der Waals surface area (Å²) in [6.45, 7) is 0. The maximum absolute atomic E-state index is 12.2. The largest absolute Gasteiger partial charge is 0.481 e. The Balaban J connectivity index is 2.32. The number of ether oxygens (including phenoxy) is 1. The monoisotopic (exact) mass is 261 g/mol. The zero-order valence-electron chi connectivity index (χ0n) is 9.95. The van der Waals surface area contributed by atoms with Crippen molar-refractivity contribution in [2.75, 3.05) is 7.11 Å². The predicted octanol–water partition coefficient (Wildman–Crippen LogP) is 1.98. The molecule has 0 radical (unpaired) electrons. The van der Waals surface area contributed by atoms with Gasteiger partial charge in [0.25, 0.3) is 0 Å². The molecule has 0 saturated heterocycles. The first-order valence-corrected chi connectivity index (χ1v) is 6.10. The van der Waals surface area contributed by atoms with Gasteiger partial charge in [0.15, 0.2) is 0 Å². The third kappa shape index (κ3) is 2.13. The molecule has 0 amide bonds. The van der Waals surface area contributed by atoms with Gasteiger partial charge in [-0.05, 0) is 11.4 Å². The standard InChI is InChI=1S/C12H11N3O2S/c1-15-11(17-2)6-9(14-15)12(16)8(7-13)10-4-3-5-18-10/h3-6,8H,1-2H3. The minimum atomic E-state index is -0.801. The minimum absolute atomic E-state index is 0.245. The Hall–Kier alpha value is -2.13. The van der Waals surface area contributed by atoms with E-state index in [1.807, 2.05) is 17.5 Å². The maximum Gasteiger partial charge on any atom is 0.211 e. The Labute approximate surface area is 108 Å². The van der Waals surface area contributed by atoms with Gasteiger partial charge in [-0.3, -0.25) is 4.79 Å². The van der Waals surface area contributed by atoms with Crippen LogP contribution in [0, 0.1) is 11.3 Å². The third-order valence-corrected chi connectivity index (χ3v) is 3.45. The summed E-state index contributed by atoms with van der Waals surface area (Å²) < 4.78 is 6.52. The molecule has 0 saturated carbocycles. The van der Waals surface area contributed by atoms with Gasteiger partial charge in [0.2, 0.25) is 11.7 Å². The van der Waals surface area contributed by atoms with Gasteiger partial charge in [-0.2, -0.15) is 10.4 Å². The van der Waals surface area contributed by atoms with Crippen LogP contribution in [-0.2, 0) is 7.05 Å². The molecule has 2 heterocycles. The lowest BCUT2D eigenvalue weighted by molar-refractivity contribution is 0.0974. The van der Waals surface area contributed by atoms with Crippen LogP contribution in [0.3, 0.4) is 0 Å². The molecule has 18 heavy (non-hydrogen) atoms. The lowest BCUT2D eigenvalue weighted by atomic mass is 10.0. The van der Waals surface area contributed by atoms with Gasteiger partial charge in [0.05, 0.1) is 13.2 Å². The van der Waals surface area contributed by atoms with Gasteiger partial charge in [0, 0.05) is 18.0 Å². The molecule has 0 aromatic carbocycles. The molecule has 6 heteroatoms. The molecule has 0 aliphatic heterocycles. The van der Waals surface area contributed by atoms with Gasteiger partial charge in [-0.25, -0.2) is 4.68 Å². The fraction of sp³-hybridized carbons (Fsp3) is 0.250. The number of methoxy groups -OCH3 is 1. The second kappa shape index (κ2) is 5.02. The molecular formula is C12H11N3O2S. The Morgan fingerprint density at radius 1 is 1.67 bits per heavy atom. The maximum atomic E-state index is 12.2. The molecule has 0 bridgehead atoms. The quantitative estimate of drug-likeness (QED) is 0.789. The van der Waals surface area contributed by atoms with E-state index < -0.39 is 5.92 Å². The molecule has 92 valence electrons. The van der Waals surface area contributed by atoms with Crippen molar-refractivity contribution in [2.45, 2.75) is 5.92 Å². The Morgan fingerprint density at radius 2 is 2.44 bits per heavy atom. The average Bonchev–Trinajstić information content (AvgIpc) is 2.99. The van der Waals surface area contributed by atoms with E-state index in [9.17, 15) is 4.79 Å². The summed E-state index contributed by atoms with van der Waals surface area (Å²) in [6, 6.07) is 7.15. The molecule has 0 fully saturated rings. The molecule has 0 aliphatic carbocycles. The normalized spacial score (nSPS) is 11.8. The summed E-state index contributed by atoms with van der Waals surface area (Å²) in [7, 11) is 3.19. The topological polar surface area (TPSA) is 67.9 Å². The number of ketones is 1. The van der Waals surface area contributed by atoms with Crippen LogP contribution in [0.4, 0.5) is 0 Å². The molecule has 5 nitrogen and oxygen atoms in total. The summed E-state index contributed by atoms with van der Waals surface area (Å²) in [4.78, 5) is 12.9. The number of Topliss-reactive ketones (excluding diaryl/α,β-unsaturated/α-hetero) is 1. The summed E-state index contributed by atoms with van der Waals surface area (Å²) in [5, 5.41) is 15.0. The Kier molecular flexibility index (Phi) is 3.44. The van der Waals surface area contributed by atoms with E-state index in [1.54, 1.807) is 19.2 Å². The molecule has 1 unspecified atom stereocenters. The fourth-order valence-electron chi connectivity index (χ4n) is 1.62. The Bertz CT molecular complexity index is 595. The summed E-state index contributed by atoms with van der Waals surface area (Å²) >= 11 is 1.39. The van der Waals surface area contributed by atoms with Crippen LogP contribution in [0.25, 0.3) is 0 Å². The van der Waals surface area contributed by atoms with Crippen LogP contribution in [0.2, 0.25) is 0 Å². The highest BCUT2D eigenvalue weighted by atomic mass is 32.1. The third-order valence-electron chi connectivity index (χ3n) is 2.52. The molecule has 1 atom stereocenters. The molecule has 0 aliphatic rings. The number of hydrogen-bond acceptors (Lipinski definition) is 5. The fourth-order valence-corrected chi connectivity index (χ4v) is 2.38. The van der Waals surface area contributed by atoms with Crippen LogP contribution in [0.5, 0.6) is 5.88 Å². The van der Waals surface area contributed by atoms with Crippen molar-refractivity contribution in [2.24, 2.45) is 7.05 Å². The van der Waals surface area contributed by atoms with E-state index in [0.717, 1.165) is 4.88 Å². The number of aromatic nitrogens is 2. The number of nitriles is 1. The highest BCUT2D eigenvalue weighted by molar-refractivity contribution is 7.10. The smallest absolute Gasteiger partial charge is 0.211 e. The highest BCUT2D eigenvalue weighted by Crippen LogP contribution is 2.25. The Morgan fingerprint density at radius 3 is 2.94 bits per heavy atom. The number of thiophene rings is 1. The lowest BCUT2D eigenvalue weighted by Crippen LogP contribution is -2.11. The van der Waals surface area contributed by atoms with Crippen LogP contribution in [0.15, 0.2) is 23.6 Å². The first-order chi connectivity index (χ1) is 8.67. The van der Waals surface area contributed by atoms with Crippen molar-refractivity contribution in [3.05, 3.63) is 34.2 Å².